The molecule has 0 saturated carbocycles. The molecule has 6 heteroatoms. The van der Waals surface area contributed by atoms with Crippen LogP contribution in [0.4, 0.5) is 0 Å². The monoisotopic (exact) mass is 261 g/mol. The summed E-state index contributed by atoms with van der Waals surface area (Å²) in [6, 6.07) is 0. The van der Waals surface area contributed by atoms with Crippen molar-refractivity contribution in [1.29, 1.82) is 0 Å². The van der Waals surface area contributed by atoms with E-state index in [2.05, 4.69) is 0 Å². The molecule has 18 heavy (non-hydrogen) atoms. The number of carbonyl (C=O) groups is 1. The minimum atomic E-state index is -0.486. The van der Waals surface area contributed by atoms with E-state index in [0.717, 1.165) is 0 Å². The maximum Gasteiger partial charge on any atom is 0.320 e. The molecular weight excluding hydrogens is 238 g/mol. The normalized spacial score (nSPS) is 26.1. The van der Waals surface area contributed by atoms with Crippen molar-refractivity contribution in [3.63, 3.8) is 0 Å². The summed E-state index contributed by atoms with van der Waals surface area (Å²) in [4.78, 5) is 13.6. The van der Waals surface area contributed by atoms with Gasteiger partial charge in [-0.2, -0.15) is 0 Å². The Bertz CT molecular complexity index is 264. The van der Waals surface area contributed by atoms with Crippen LogP contribution >= 0.6 is 0 Å². The van der Waals surface area contributed by atoms with Gasteiger partial charge in [-0.1, -0.05) is 0 Å². The number of methoxy groups -OCH3 is 1. The van der Waals surface area contributed by atoms with E-state index in [-0.39, 0.29) is 25.2 Å². The Morgan fingerprint density at radius 2 is 2.11 bits per heavy atom. The van der Waals surface area contributed by atoms with Gasteiger partial charge >= 0.3 is 5.97 Å². The second-order valence-electron chi connectivity index (χ2n) is 5.39. The first-order chi connectivity index (χ1) is 8.34. The van der Waals surface area contributed by atoms with E-state index in [1.807, 2.05) is 25.7 Å². The fourth-order valence-corrected chi connectivity index (χ4v) is 1.79. The highest BCUT2D eigenvalue weighted by atomic mass is 16.7. The summed E-state index contributed by atoms with van der Waals surface area (Å²) in [6.07, 6.45) is -0.746. The van der Waals surface area contributed by atoms with Crippen molar-refractivity contribution in [2.75, 3.05) is 33.4 Å². The first-order valence-electron chi connectivity index (χ1n) is 6.07. The maximum atomic E-state index is 11.7. The van der Waals surface area contributed by atoms with Crippen LogP contribution < -0.4 is 0 Å². The molecule has 0 aromatic rings. The molecule has 1 heterocycles. The lowest BCUT2D eigenvalue weighted by Crippen LogP contribution is -2.51. The molecule has 0 radical (unpaired) electrons. The van der Waals surface area contributed by atoms with E-state index in [4.69, 9.17) is 19.3 Å². The van der Waals surface area contributed by atoms with Gasteiger partial charge in [0.2, 0.25) is 0 Å². The summed E-state index contributed by atoms with van der Waals surface area (Å²) in [7, 11) is 1.54. The van der Waals surface area contributed by atoms with Crippen molar-refractivity contribution >= 4 is 5.97 Å². The Kier molecular flexibility index (Phi) is 5.52. The summed E-state index contributed by atoms with van der Waals surface area (Å²) in [5, 5.41) is 9.12. The van der Waals surface area contributed by atoms with Gasteiger partial charge in [-0.3, -0.25) is 9.69 Å². The third kappa shape index (κ3) is 5.30. The predicted molar refractivity (Wildman–Crippen MR) is 65.0 cm³/mol. The number of nitrogens with zero attached hydrogens (tertiary/aromatic N) is 1. The van der Waals surface area contributed by atoms with Crippen molar-refractivity contribution in [3.8, 4) is 0 Å². The molecule has 106 valence electrons. The molecule has 1 aliphatic heterocycles. The second-order valence-corrected chi connectivity index (χ2v) is 5.39. The van der Waals surface area contributed by atoms with Crippen molar-refractivity contribution in [1.82, 2.24) is 4.90 Å². The highest BCUT2D eigenvalue weighted by molar-refractivity contribution is 5.72. The standard InChI is InChI=1S/C12H23NO5/c1-12(2,3)18-10(15)6-13-5-9(8-14)17-11(7-13)16-4/h9,11,14H,5-8H2,1-4H3/t9-,11-/m0/s1. The van der Waals surface area contributed by atoms with Crippen molar-refractivity contribution in [2.24, 2.45) is 0 Å². The summed E-state index contributed by atoms with van der Waals surface area (Å²) < 4.78 is 15.8. The lowest BCUT2D eigenvalue weighted by atomic mass is 10.2. The number of hydrogen-bond acceptors (Lipinski definition) is 6. The van der Waals surface area contributed by atoms with Crippen LogP contribution in [0.3, 0.4) is 0 Å². The number of aliphatic hydroxyl groups excluding tert-OH is 1. The minimum absolute atomic E-state index is 0.0926. The fourth-order valence-electron chi connectivity index (χ4n) is 1.79. The Morgan fingerprint density at radius 1 is 1.44 bits per heavy atom. The molecule has 0 spiro atoms. The average Bonchev–Trinajstić information content (AvgIpc) is 2.25. The number of ether oxygens (including phenoxy) is 3. The van der Waals surface area contributed by atoms with Crippen molar-refractivity contribution < 1.29 is 24.1 Å². The molecule has 2 atom stereocenters. The topological polar surface area (TPSA) is 68.2 Å². The molecular formula is C12H23NO5. The van der Waals surface area contributed by atoms with Gasteiger partial charge in [0.25, 0.3) is 0 Å². The quantitative estimate of drug-likeness (QED) is 0.718. The zero-order valence-electron chi connectivity index (χ0n) is 11.5. The van der Waals surface area contributed by atoms with Crippen LogP contribution in [-0.2, 0) is 19.0 Å². The summed E-state index contributed by atoms with van der Waals surface area (Å²) in [5.74, 6) is -0.282. The molecule has 1 N–H and O–H groups in total. The Hall–Kier alpha value is -0.690. The van der Waals surface area contributed by atoms with Gasteiger partial charge in [0, 0.05) is 13.7 Å². The third-order valence-electron chi connectivity index (χ3n) is 2.45. The molecule has 1 saturated heterocycles. The smallest absolute Gasteiger partial charge is 0.320 e. The Morgan fingerprint density at radius 3 is 2.61 bits per heavy atom. The largest absolute Gasteiger partial charge is 0.459 e. The SMILES string of the molecule is CO[C@@H]1CN(CC(=O)OC(C)(C)C)C[C@@H](CO)O1. The highest BCUT2D eigenvalue weighted by Gasteiger charge is 2.29. The molecule has 6 nitrogen and oxygen atoms in total. The molecule has 0 aromatic carbocycles. The predicted octanol–water partition coefficient (Wildman–Crippen LogP) is -0.00630. The number of morpholine rings is 1. The van der Waals surface area contributed by atoms with Gasteiger partial charge in [0.05, 0.1) is 25.8 Å². The van der Waals surface area contributed by atoms with E-state index in [9.17, 15) is 4.79 Å². The zero-order valence-corrected chi connectivity index (χ0v) is 11.5. The molecule has 0 unspecified atom stereocenters. The minimum Gasteiger partial charge on any atom is -0.459 e. The molecule has 0 aliphatic carbocycles. The summed E-state index contributed by atoms with van der Waals surface area (Å²) in [6.45, 7) is 6.57. The van der Waals surface area contributed by atoms with Gasteiger partial charge < -0.3 is 19.3 Å². The van der Waals surface area contributed by atoms with Crippen LogP contribution in [0, 0.1) is 0 Å². The lowest BCUT2D eigenvalue weighted by molar-refractivity contribution is -0.208. The van der Waals surface area contributed by atoms with E-state index in [1.54, 1.807) is 0 Å². The van der Waals surface area contributed by atoms with Crippen molar-refractivity contribution in [2.45, 2.75) is 38.8 Å². The number of hydrogen-bond donors (Lipinski definition) is 1. The van der Waals surface area contributed by atoms with Crippen LogP contribution in [-0.4, -0.2) is 67.3 Å². The summed E-state index contributed by atoms with van der Waals surface area (Å²) >= 11 is 0. The number of esters is 1. The second kappa shape index (κ2) is 6.47. The van der Waals surface area contributed by atoms with Gasteiger partial charge in [0.1, 0.15) is 5.60 Å². The van der Waals surface area contributed by atoms with E-state index >= 15 is 0 Å². The Balaban J connectivity index is 2.47. The third-order valence-corrected chi connectivity index (χ3v) is 2.45. The van der Waals surface area contributed by atoms with Crippen LogP contribution in [0.2, 0.25) is 0 Å². The van der Waals surface area contributed by atoms with Gasteiger partial charge in [-0.15, -0.1) is 0 Å². The molecule has 1 aliphatic rings. The van der Waals surface area contributed by atoms with Crippen LogP contribution in [0.15, 0.2) is 0 Å². The molecule has 1 rings (SSSR count). The van der Waals surface area contributed by atoms with Gasteiger partial charge in [0.15, 0.2) is 6.29 Å². The van der Waals surface area contributed by atoms with E-state index in [0.29, 0.717) is 13.1 Å². The van der Waals surface area contributed by atoms with E-state index < -0.39 is 11.9 Å². The number of rotatable bonds is 4. The highest BCUT2D eigenvalue weighted by Crippen LogP contribution is 2.13. The van der Waals surface area contributed by atoms with Crippen molar-refractivity contribution in [3.05, 3.63) is 0 Å². The van der Waals surface area contributed by atoms with Gasteiger partial charge in [-0.25, -0.2) is 0 Å². The van der Waals surface area contributed by atoms with Crippen LogP contribution in [0.25, 0.3) is 0 Å². The first kappa shape index (κ1) is 15.4. The fraction of sp³-hybridized carbons (Fsp3) is 0.917. The average molecular weight is 261 g/mol. The van der Waals surface area contributed by atoms with Gasteiger partial charge in [-0.05, 0) is 20.8 Å². The first-order valence-corrected chi connectivity index (χ1v) is 6.07. The number of aliphatic hydroxyl groups is 1. The molecule has 1 fully saturated rings. The number of carbonyl (C=O) groups excluding carboxylic acids is 1. The zero-order chi connectivity index (χ0) is 13.8. The lowest BCUT2D eigenvalue weighted by Gasteiger charge is -2.36. The summed E-state index contributed by atoms with van der Waals surface area (Å²) in [5.41, 5.74) is -0.486. The molecule has 0 aromatic heterocycles. The van der Waals surface area contributed by atoms with Crippen LogP contribution in [0.1, 0.15) is 20.8 Å². The maximum absolute atomic E-state index is 11.7. The van der Waals surface area contributed by atoms with Crippen LogP contribution in [0.5, 0.6) is 0 Å². The van der Waals surface area contributed by atoms with E-state index in [1.165, 1.54) is 7.11 Å². The molecule has 0 bridgehead atoms. The molecule has 0 amide bonds. The Labute approximate surface area is 108 Å².